The summed E-state index contributed by atoms with van der Waals surface area (Å²) in [6.07, 6.45) is 5.21. The van der Waals surface area contributed by atoms with E-state index >= 15 is 0 Å². The normalized spacial score (nSPS) is 13.1. The summed E-state index contributed by atoms with van der Waals surface area (Å²) in [6.45, 7) is 4.25. The first-order valence-electron chi connectivity index (χ1n) is 4.94. The summed E-state index contributed by atoms with van der Waals surface area (Å²) in [5.41, 5.74) is 1.24. The van der Waals surface area contributed by atoms with E-state index < -0.39 is 0 Å². The summed E-state index contributed by atoms with van der Waals surface area (Å²) in [4.78, 5) is 0. The van der Waals surface area contributed by atoms with Crippen LogP contribution < -0.4 is 5.32 Å². The van der Waals surface area contributed by atoms with Crippen molar-refractivity contribution in [2.45, 2.75) is 25.1 Å². The third-order valence-electron chi connectivity index (χ3n) is 2.36. The monoisotopic (exact) mass is 213 g/mol. The lowest BCUT2D eigenvalue weighted by molar-refractivity contribution is 0.606. The fraction of sp³-hybridized carbons (Fsp3) is 0.700. The molecule has 0 spiro atoms. The molecule has 0 amide bonds. The van der Waals surface area contributed by atoms with E-state index in [4.69, 9.17) is 0 Å². The maximum absolute atomic E-state index is 4.12. The second-order valence-electron chi connectivity index (χ2n) is 3.46. The highest BCUT2D eigenvalue weighted by atomic mass is 32.2. The average Bonchev–Trinajstić information content (AvgIpc) is 2.58. The van der Waals surface area contributed by atoms with E-state index in [1.165, 1.54) is 12.1 Å². The summed E-state index contributed by atoms with van der Waals surface area (Å²) < 4.78 is 1.91. The molecule has 1 aromatic rings. The maximum atomic E-state index is 4.12. The second-order valence-corrected chi connectivity index (χ2v) is 4.73. The molecule has 0 radical (unpaired) electrons. The van der Waals surface area contributed by atoms with Gasteiger partial charge in [0.05, 0.1) is 5.69 Å². The lowest BCUT2D eigenvalue weighted by Crippen LogP contribution is -2.19. The maximum Gasteiger partial charge on any atom is 0.0518 e. The highest BCUT2D eigenvalue weighted by Gasteiger charge is 2.00. The molecule has 0 saturated heterocycles. The van der Waals surface area contributed by atoms with Crippen molar-refractivity contribution in [3.8, 4) is 0 Å². The SMILES string of the molecule is CSC(C)CCNCc1ccnn1C. The lowest BCUT2D eigenvalue weighted by atomic mass is 10.3. The number of rotatable bonds is 6. The number of nitrogens with one attached hydrogen (secondary N) is 1. The van der Waals surface area contributed by atoms with Gasteiger partial charge in [0, 0.05) is 25.0 Å². The number of aryl methyl sites for hydroxylation is 1. The largest absolute Gasteiger partial charge is 0.311 e. The van der Waals surface area contributed by atoms with Crippen molar-refractivity contribution in [2.75, 3.05) is 12.8 Å². The molecule has 4 heteroatoms. The highest BCUT2D eigenvalue weighted by Crippen LogP contribution is 2.08. The van der Waals surface area contributed by atoms with E-state index in [1.54, 1.807) is 0 Å². The van der Waals surface area contributed by atoms with Gasteiger partial charge >= 0.3 is 0 Å². The average molecular weight is 213 g/mol. The fourth-order valence-corrected chi connectivity index (χ4v) is 1.57. The zero-order valence-electron chi connectivity index (χ0n) is 9.16. The van der Waals surface area contributed by atoms with E-state index in [0.717, 1.165) is 18.3 Å². The van der Waals surface area contributed by atoms with Crippen LogP contribution in [0.15, 0.2) is 12.3 Å². The molecular weight excluding hydrogens is 194 g/mol. The van der Waals surface area contributed by atoms with Gasteiger partial charge in [0.15, 0.2) is 0 Å². The zero-order chi connectivity index (χ0) is 10.4. The Morgan fingerprint density at radius 1 is 1.64 bits per heavy atom. The van der Waals surface area contributed by atoms with Crippen molar-refractivity contribution in [1.29, 1.82) is 0 Å². The van der Waals surface area contributed by atoms with Crippen LogP contribution in [0.3, 0.4) is 0 Å². The van der Waals surface area contributed by atoms with Gasteiger partial charge in [-0.25, -0.2) is 0 Å². The number of hydrogen-bond acceptors (Lipinski definition) is 3. The fourth-order valence-electron chi connectivity index (χ4n) is 1.21. The quantitative estimate of drug-likeness (QED) is 0.729. The van der Waals surface area contributed by atoms with Crippen LogP contribution in [0.5, 0.6) is 0 Å². The summed E-state index contributed by atoms with van der Waals surface area (Å²) in [6, 6.07) is 2.05. The lowest BCUT2D eigenvalue weighted by Gasteiger charge is -2.08. The van der Waals surface area contributed by atoms with E-state index in [1.807, 2.05) is 35.8 Å². The van der Waals surface area contributed by atoms with Crippen molar-refractivity contribution in [3.63, 3.8) is 0 Å². The molecule has 0 bridgehead atoms. The van der Waals surface area contributed by atoms with Gasteiger partial charge in [-0.15, -0.1) is 0 Å². The van der Waals surface area contributed by atoms with Gasteiger partial charge in [0.2, 0.25) is 0 Å². The highest BCUT2D eigenvalue weighted by molar-refractivity contribution is 7.99. The van der Waals surface area contributed by atoms with Gasteiger partial charge in [-0.3, -0.25) is 4.68 Å². The van der Waals surface area contributed by atoms with Crippen LogP contribution in [0.1, 0.15) is 19.0 Å². The molecular formula is C10H19N3S. The smallest absolute Gasteiger partial charge is 0.0518 e. The minimum absolute atomic E-state index is 0.744. The van der Waals surface area contributed by atoms with Crippen molar-refractivity contribution >= 4 is 11.8 Å². The van der Waals surface area contributed by atoms with Crippen molar-refractivity contribution in [1.82, 2.24) is 15.1 Å². The first-order valence-corrected chi connectivity index (χ1v) is 6.23. The molecule has 80 valence electrons. The Balaban J connectivity index is 2.13. The predicted molar refractivity (Wildman–Crippen MR) is 62.5 cm³/mol. The molecule has 0 saturated carbocycles. The van der Waals surface area contributed by atoms with Gasteiger partial charge < -0.3 is 5.32 Å². The Kier molecular flexibility index (Phi) is 5.04. The van der Waals surface area contributed by atoms with Crippen LogP contribution in [-0.4, -0.2) is 27.8 Å². The summed E-state index contributed by atoms with van der Waals surface area (Å²) in [7, 11) is 1.97. The molecule has 14 heavy (non-hydrogen) atoms. The van der Waals surface area contributed by atoms with Crippen LogP contribution in [-0.2, 0) is 13.6 Å². The molecule has 0 aromatic carbocycles. The first kappa shape index (κ1) is 11.6. The molecule has 3 nitrogen and oxygen atoms in total. The molecule has 1 atom stereocenters. The Labute approximate surface area is 90.3 Å². The van der Waals surface area contributed by atoms with Gasteiger partial charge in [0.1, 0.15) is 0 Å². The van der Waals surface area contributed by atoms with E-state index in [-0.39, 0.29) is 0 Å². The Morgan fingerprint density at radius 2 is 2.43 bits per heavy atom. The van der Waals surface area contributed by atoms with Crippen LogP contribution in [0.25, 0.3) is 0 Å². The minimum atomic E-state index is 0.744. The minimum Gasteiger partial charge on any atom is -0.311 e. The van der Waals surface area contributed by atoms with Crippen LogP contribution in [0.2, 0.25) is 0 Å². The third-order valence-corrected chi connectivity index (χ3v) is 3.40. The molecule has 1 heterocycles. The van der Waals surface area contributed by atoms with E-state index in [2.05, 4.69) is 23.6 Å². The molecule has 0 fully saturated rings. The molecule has 0 aliphatic carbocycles. The number of aromatic nitrogens is 2. The zero-order valence-corrected chi connectivity index (χ0v) is 9.97. The molecule has 0 aliphatic rings. The van der Waals surface area contributed by atoms with Crippen molar-refractivity contribution in [3.05, 3.63) is 18.0 Å². The Bertz CT molecular complexity index is 260. The summed E-state index contributed by atoms with van der Waals surface area (Å²) in [5.74, 6) is 0. The Morgan fingerprint density at radius 3 is 3.00 bits per heavy atom. The van der Waals surface area contributed by atoms with E-state index in [9.17, 15) is 0 Å². The van der Waals surface area contributed by atoms with Gasteiger partial charge in [-0.1, -0.05) is 6.92 Å². The second kappa shape index (κ2) is 6.09. The third kappa shape index (κ3) is 3.72. The number of hydrogen-bond donors (Lipinski definition) is 1. The summed E-state index contributed by atoms with van der Waals surface area (Å²) in [5, 5.41) is 8.28. The standard InChI is InChI=1S/C10H19N3S/c1-9(14-3)4-6-11-8-10-5-7-12-13(10)2/h5,7,9,11H,4,6,8H2,1-3H3. The molecule has 0 aliphatic heterocycles. The van der Waals surface area contributed by atoms with E-state index in [0.29, 0.717) is 0 Å². The number of nitrogens with zero attached hydrogens (tertiary/aromatic N) is 2. The van der Waals surface area contributed by atoms with Crippen molar-refractivity contribution in [2.24, 2.45) is 7.05 Å². The Hall–Kier alpha value is -0.480. The molecule has 1 N–H and O–H groups in total. The van der Waals surface area contributed by atoms with Crippen LogP contribution >= 0.6 is 11.8 Å². The number of thioether (sulfide) groups is 1. The van der Waals surface area contributed by atoms with Gasteiger partial charge in [-0.05, 0) is 25.3 Å². The predicted octanol–water partition coefficient (Wildman–Crippen LogP) is 1.65. The molecule has 1 unspecified atom stereocenters. The topological polar surface area (TPSA) is 29.9 Å². The van der Waals surface area contributed by atoms with Crippen LogP contribution in [0.4, 0.5) is 0 Å². The summed E-state index contributed by atoms with van der Waals surface area (Å²) >= 11 is 1.92. The first-order chi connectivity index (χ1) is 6.74. The van der Waals surface area contributed by atoms with Crippen molar-refractivity contribution < 1.29 is 0 Å². The molecule has 1 rings (SSSR count). The van der Waals surface area contributed by atoms with Gasteiger partial charge in [0.25, 0.3) is 0 Å². The molecule has 1 aromatic heterocycles. The van der Waals surface area contributed by atoms with Gasteiger partial charge in [-0.2, -0.15) is 16.9 Å². The van der Waals surface area contributed by atoms with Crippen LogP contribution in [0, 0.1) is 0 Å².